The van der Waals surface area contributed by atoms with Gasteiger partial charge in [-0.15, -0.1) is 0 Å². The number of nitrogens with zero attached hydrogens (tertiary/aromatic N) is 10. The molecule has 0 fully saturated rings. The average Bonchev–Trinajstić information content (AvgIpc) is 1.38. The fraction of sp³-hybridized carbons (Fsp3) is 0.364. The summed E-state index contributed by atoms with van der Waals surface area (Å²) in [6.45, 7) is 27.3. The van der Waals surface area contributed by atoms with Crippen LogP contribution in [0.3, 0.4) is 0 Å². The molecule has 13 aromatic rings. The van der Waals surface area contributed by atoms with Crippen molar-refractivity contribution in [2.75, 3.05) is 13.2 Å². The van der Waals surface area contributed by atoms with Crippen LogP contribution < -0.4 is 9.47 Å². The van der Waals surface area contributed by atoms with E-state index in [-0.39, 0.29) is 0 Å². The summed E-state index contributed by atoms with van der Waals surface area (Å²) >= 11 is 0. The predicted molar refractivity (Wildman–Crippen MR) is 416 cm³/mol. The molecule has 0 saturated carbocycles. The maximum atomic E-state index is 6.98. The van der Waals surface area contributed by atoms with Gasteiger partial charge in [0.15, 0.2) is 23.3 Å². The zero-order valence-corrected chi connectivity index (χ0v) is 60.6. The van der Waals surface area contributed by atoms with Gasteiger partial charge in [-0.1, -0.05) is 205 Å². The van der Waals surface area contributed by atoms with Gasteiger partial charge < -0.3 is 27.7 Å². The van der Waals surface area contributed by atoms with Gasteiger partial charge in [0.2, 0.25) is 0 Å². The van der Waals surface area contributed by atoms with E-state index in [9.17, 15) is 0 Å². The number of hydrogen-bond donors (Lipinski definition) is 0. The van der Waals surface area contributed by atoms with Crippen molar-refractivity contribution in [2.45, 2.75) is 172 Å². The third-order valence-corrected chi connectivity index (χ3v) is 19.6. The van der Waals surface area contributed by atoms with E-state index in [1.54, 1.807) is 0 Å². The van der Waals surface area contributed by atoms with Crippen molar-refractivity contribution >= 4 is 44.1 Å². The maximum Gasteiger partial charge on any atom is 0.159 e. The lowest BCUT2D eigenvalue weighted by molar-refractivity contribution is 0.292. The van der Waals surface area contributed by atoms with E-state index >= 15 is 0 Å². The highest BCUT2D eigenvalue weighted by molar-refractivity contribution is 5.92. The summed E-state index contributed by atoms with van der Waals surface area (Å²) < 4.78 is 23.5. The number of benzene rings is 7. The first-order chi connectivity index (χ1) is 48.8. The van der Waals surface area contributed by atoms with Gasteiger partial charge >= 0.3 is 0 Å². The first-order valence-electron chi connectivity index (χ1n) is 37.3. The molecule has 0 spiro atoms. The summed E-state index contributed by atoms with van der Waals surface area (Å²) in [5, 5.41) is 0. The molecule has 0 unspecified atom stereocenters. The van der Waals surface area contributed by atoms with E-state index in [2.05, 4.69) is 269 Å². The average molecular weight is 1330 g/mol. The molecule has 0 saturated heterocycles. The smallest absolute Gasteiger partial charge is 0.159 e. The molecule has 0 bridgehead atoms. The van der Waals surface area contributed by atoms with Gasteiger partial charge in [-0.3, -0.25) is 0 Å². The van der Waals surface area contributed by atoms with E-state index in [0.29, 0.717) is 36.9 Å². The summed E-state index contributed by atoms with van der Waals surface area (Å²) in [6, 6.07) is 65.2. The molecular formula is C88H100N10O2. The Morgan fingerprint density at radius 3 is 0.910 bits per heavy atom. The third-order valence-electron chi connectivity index (χ3n) is 19.6. The Morgan fingerprint density at radius 2 is 0.600 bits per heavy atom. The molecule has 12 nitrogen and oxygen atoms in total. The number of rotatable bonds is 32. The number of pyridine rings is 2. The number of hydrogen-bond acceptors (Lipinski definition) is 8. The van der Waals surface area contributed by atoms with E-state index in [0.717, 1.165) is 225 Å². The second-order valence-corrected chi connectivity index (χ2v) is 29.1. The Labute approximate surface area is 592 Å². The number of aromatic nitrogens is 10. The van der Waals surface area contributed by atoms with E-state index in [4.69, 9.17) is 39.4 Å². The molecule has 0 atom stereocenters. The lowest BCUT2D eigenvalue weighted by Crippen LogP contribution is -2.06. The highest BCUT2D eigenvalue weighted by atomic mass is 16.5. The van der Waals surface area contributed by atoms with Gasteiger partial charge in [-0.05, 0) is 174 Å². The van der Waals surface area contributed by atoms with Crippen molar-refractivity contribution in [1.82, 2.24) is 48.2 Å². The topological polar surface area (TPSA) is 116 Å². The molecule has 6 heterocycles. The molecule has 0 aliphatic carbocycles. The molecule has 0 aliphatic rings. The summed E-state index contributed by atoms with van der Waals surface area (Å²) in [7, 11) is 0. The fourth-order valence-corrected chi connectivity index (χ4v) is 13.8. The van der Waals surface area contributed by atoms with E-state index in [1.807, 2.05) is 0 Å². The minimum atomic E-state index is 0.479. The molecule has 0 radical (unpaired) electrons. The number of aryl methyl sites for hydroxylation is 4. The fourth-order valence-electron chi connectivity index (χ4n) is 13.8. The SMILES string of the molecule is CCCCCCOc1cc(OCCCCCC)c(-c2ccc3c(c2)nc(-c2cccc(-c4nc5cc(-c6ccccc6)ccc5n4CCC(C)C)n2)n3CCC(C)C)cc1-c1ccc2c(c1)nc(-c1cccc(-c3nc4cc(-c5ccccc5)ccc4n3CCC(C)C)n1)n2CCC(C)C. The number of fused-ring (bicyclic) bond motifs is 4. The molecule has 0 aliphatic heterocycles. The molecule has 100 heavy (non-hydrogen) atoms. The van der Waals surface area contributed by atoms with Crippen LogP contribution in [0.15, 0.2) is 182 Å². The molecular weight excluding hydrogens is 1230 g/mol. The molecule has 6 aromatic heterocycles. The zero-order chi connectivity index (χ0) is 69.2. The van der Waals surface area contributed by atoms with Gasteiger partial charge in [-0.2, -0.15) is 0 Å². The lowest BCUT2D eigenvalue weighted by atomic mass is 9.96. The number of unbranched alkanes of at least 4 members (excludes halogenated alkanes) is 6. The summed E-state index contributed by atoms with van der Waals surface area (Å²) in [5.41, 5.74) is 20.0. The first kappa shape index (κ1) is 68.8. The molecule has 7 aromatic carbocycles. The van der Waals surface area contributed by atoms with E-state index in [1.165, 1.54) is 24.0 Å². The van der Waals surface area contributed by atoms with Crippen molar-refractivity contribution in [3.05, 3.63) is 182 Å². The van der Waals surface area contributed by atoms with Crippen LogP contribution in [0.4, 0.5) is 0 Å². The standard InChI is InChI=1S/C88H100N10O2/c1-11-13-15-23-51-99-83-58-84(100-52-24-16-14-12-2)70(68-38-42-82-78(56-68)94-88(98(82)50-46-62(9)10)74-34-26-32-72(90-74)86-92-76-54-66(64-29-21-18-22-30-64)36-40-80(76)96(86)48-44-60(5)6)57-69(83)67-37-41-81-77(55-67)93-87(97(81)49-45-61(7)8)73-33-25-31-71(89-73)85-91-75-53-65(63-27-19-17-20-28-63)35-39-79(75)95(85)47-43-59(3)4/h17-22,25-42,53-62H,11-16,23-24,43-52H2,1-10H3. The van der Waals surface area contributed by atoms with Crippen LogP contribution in [-0.2, 0) is 26.2 Å². The number of imidazole rings is 4. The van der Waals surface area contributed by atoms with Gasteiger partial charge in [-0.25, -0.2) is 29.9 Å². The second-order valence-electron chi connectivity index (χ2n) is 29.1. The monoisotopic (exact) mass is 1330 g/mol. The predicted octanol–water partition coefficient (Wildman–Crippen LogP) is 23.3. The van der Waals surface area contributed by atoms with Crippen LogP contribution >= 0.6 is 0 Å². The maximum absolute atomic E-state index is 6.98. The number of ether oxygens (including phenoxy) is 2. The van der Waals surface area contributed by atoms with Crippen LogP contribution in [0.2, 0.25) is 0 Å². The van der Waals surface area contributed by atoms with Crippen LogP contribution in [0, 0.1) is 23.7 Å². The molecule has 12 heteroatoms. The first-order valence-corrected chi connectivity index (χ1v) is 37.3. The highest BCUT2D eigenvalue weighted by Gasteiger charge is 2.25. The van der Waals surface area contributed by atoms with E-state index < -0.39 is 0 Å². The minimum absolute atomic E-state index is 0.479. The van der Waals surface area contributed by atoms with Crippen LogP contribution in [-0.4, -0.2) is 61.4 Å². The largest absolute Gasteiger partial charge is 0.493 e. The third kappa shape index (κ3) is 15.5. The van der Waals surface area contributed by atoms with Crippen LogP contribution in [0.25, 0.3) is 135 Å². The van der Waals surface area contributed by atoms with Crippen molar-refractivity contribution < 1.29 is 9.47 Å². The van der Waals surface area contributed by atoms with Gasteiger partial charge in [0.1, 0.15) is 34.3 Å². The molecule has 514 valence electrons. The van der Waals surface area contributed by atoms with Crippen molar-refractivity contribution in [2.24, 2.45) is 23.7 Å². The van der Waals surface area contributed by atoms with Crippen molar-refractivity contribution in [1.29, 1.82) is 0 Å². The molecule has 0 amide bonds. The Kier molecular flexibility index (Phi) is 21.8. The van der Waals surface area contributed by atoms with Crippen LogP contribution in [0.1, 0.15) is 146 Å². The Hall–Kier alpha value is -9.68. The zero-order valence-electron chi connectivity index (χ0n) is 60.6. The van der Waals surface area contributed by atoms with Gasteiger partial charge in [0.25, 0.3) is 0 Å². The summed E-state index contributed by atoms with van der Waals surface area (Å²) in [4.78, 5) is 33.0. The van der Waals surface area contributed by atoms with Crippen molar-refractivity contribution in [3.8, 4) is 102 Å². The molecule has 0 N–H and O–H groups in total. The molecule has 13 rings (SSSR count). The minimum Gasteiger partial charge on any atom is -0.493 e. The highest BCUT2D eigenvalue weighted by Crippen LogP contribution is 2.44. The Morgan fingerprint density at radius 1 is 0.290 bits per heavy atom. The summed E-state index contributed by atoms with van der Waals surface area (Å²) in [6.07, 6.45) is 12.8. The quantitative estimate of drug-likeness (QED) is 0.0383. The lowest BCUT2D eigenvalue weighted by Gasteiger charge is -2.19. The Bertz CT molecular complexity index is 4610. The summed E-state index contributed by atoms with van der Waals surface area (Å²) in [5.74, 6) is 7.02. The normalized spacial score (nSPS) is 12.0. The van der Waals surface area contributed by atoms with Crippen molar-refractivity contribution in [3.63, 3.8) is 0 Å². The van der Waals surface area contributed by atoms with Gasteiger partial charge in [0.05, 0.1) is 57.3 Å². The second kappa shape index (κ2) is 31.7. The van der Waals surface area contributed by atoms with Crippen LogP contribution in [0.5, 0.6) is 11.5 Å². The van der Waals surface area contributed by atoms with Gasteiger partial charge in [0, 0.05) is 43.4 Å². The Balaban J connectivity index is 0.913.